The lowest BCUT2D eigenvalue weighted by Gasteiger charge is -2.36. The summed E-state index contributed by atoms with van der Waals surface area (Å²) in [6.45, 7) is 15.3. The average molecular weight is 317 g/mol. The topological polar surface area (TPSA) is 9.23 Å². The monoisotopic (exact) mass is 316 g/mol. The Balaban J connectivity index is 2.95. The minimum absolute atomic E-state index is 0.180. The van der Waals surface area contributed by atoms with E-state index >= 15 is 0 Å². The van der Waals surface area contributed by atoms with E-state index in [0.29, 0.717) is 16.7 Å². The summed E-state index contributed by atoms with van der Waals surface area (Å²) in [5, 5.41) is 1.30. The molecule has 1 nitrogen and oxygen atoms in total. The van der Waals surface area contributed by atoms with Crippen molar-refractivity contribution < 1.29 is 4.43 Å². The van der Waals surface area contributed by atoms with Crippen LogP contribution >= 0.6 is 23.2 Å². The molecule has 4 heteroatoms. The van der Waals surface area contributed by atoms with Crippen molar-refractivity contribution in [3.63, 3.8) is 0 Å². The van der Waals surface area contributed by atoms with Gasteiger partial charge >= 0.3 is 0 Å². The van der Waals surface area contributed by atoms with Gasteiger partial charge in [-0.1, -0.05) is 56.6 Å². The zero-order valence-corrected chi connectivity index (χ0v) is 14.8. The Hall–Kier alpha value is -0.283. The van der Waals surface area contributed by atoms with Crippen LogP contribution in [0.1, 0.15) is 31.9 Å². The molecule has 0 aliphatic rings. The van der Waals surface area contributed by atoms with E-state index in [4.69, 9.17) is 27.6 Å². The van der Waals surface area contributed by atoms with Crippen LogP contribution in [-0.4, -0.2) is 8.32 Å². The first-order chi connectivity index (χ1) is 8.58. The highest BCUT2D eigenvalue weighted by molar-refractivity contribution is 6.74. The number of hydrogen-bond acceptors (Lipinski definition) is 1. The van der Waals surface area contributed by atoms with Gasteiger partial charge in [0, 0.05) is 0 Å². The number of rotatable bonds is 4. The van der Waals surface area contributed by atoms with E-state index in [-0.39, 0.29) is 5.04 Å². The van der Waals surface area contributed by atoms with Gasteiger partial charge in [0.2, 0.25) is 0 Å². The van der Waals surface area contributed by atoms with E-state index < -0.39 is 8.32 Å². The molecule has 0 aliphatic heterocycles. The first-order valence-electron chi connectivity index (χ1n) is 6.33. The molecular weight excluding hydrogens is 295 g/mol. The predicted octanol–water partition coefficient (Wildman–Crippen LogP) is 6.16. The van der Waals surface area contributed by atoms with E-state index in [9.17, 15) is 0 Å². The molecule has 0 aliphatic carbocycles. The molecule has 0 aromatic heterocycles. The predicted molar refractivity (Wildman–Crippen MR) is 88.5 cm³/mol. The van der Waals surface area contributed by atoms with E-state index in [1.165, 1.54) is 0 Å². The minimum atomic E-state index is -1.78. The first kappa shape index (κ1) is 16.8. The Morgan fingerprint density at radius 2 is 1.84 bits per heavy atom. The van der Waals surface area contributed by atoms with Crippen LogP contribution in [0.4, 0.5) is 0 Å². The van der Waals surface area contributed by atoms with E-state index in [1.54, 1.807) is 6.08 Å². The molecule has 0 radical (unpaired) electrons. The zero-order valence-electron chi connectivity index (χ0n) is 12.3. The average Bonchev–Trinajstić information content (AvgIpc) is 2.29. The summed E-state index contributed by atoms with van der Waals surface area (Å²) >= 11 is 12.3. The summed E-state index contributed by atoms with van der Waals surface area (Å²) < 4.78 is 6.18. The van der Waals surface area contributed by atoms with Crippen LogP contribution in [0.5, 0.6) is 0 Å². The molecule has 0 atom stereocenters. The molecule has 0 spiro atoms. The normalized spacial score (nSPS) is 12.6. The fraction of sp³-hybridized carbons (Fsp3) is 0.467. The van der Waals surface area contributed by atoms with Crippen LogP contribution in [0.2, 0.25) is 28.2 Å². The van der Waals surface area contributed by atoms with Gasteiger partial charge in [-0.25, -0.2) is 0 Å². The second-order valence-corrected chi connectivity index (χ2v) is 11.8. The second-order valence-electron chi connectivity index (χ2n) is 6.23. The lowest BCUT2D eigenvalue weighted by molar-refractivity contribution is 0.276. The lowest BCUT2D eigenvalue weighted by Crippen LogP contribution is -2.40. The van der Waals surface area contributed by atoms with Crippen molar-refractivity contribution in [2.75, 3.05) is 0 Å². The van der Waals surface area contributed by atoms with Crippen LogP contribution in [0.3, 0.4) is 0 Å². The van der Waals surface area contributed by atoms with Crippen LogP contribution < -0.4 is 0 Å². The largest absolute Gasteiger partial charge is 0.413 e. The van der Waals surface area contributed by atoms with Crippen LogP contribution in [-0.2, 0) is 11.0 Å². The SMILES string of the molecule is C=Cc1cc(Cl)c(Cl)c(CO[Si](C)(C)C(C)(C)C)c1. The van der Waals surface area contributed by atoms with Gasteiger partial charge in [0.1, 0.15) is 0 Å². The van der Waals surface area contributed by atoms with Crippen LogP contribution in [0.25, 0.3) is 6.08 Å². The van der Waals surface area contributed by atoms with Crippen LogP contribution in [0, 0.1) is 0 Å². The Morgan fingerprint density at radius 1 is 1.26 bits per heavy atom. The van der Waals surface area contributed by atoms with E-state index in [0.717, 1.165) is 11.1 Å². The first-order valence-corrected chi connectivity index (χ1v) is 9.99. The van der Waals surface area contributed by atoms with Crippen molar-refractivity contribution in [1.29, 1.82) is 0 Å². The number of benzene rings is 1. The standard InChI is InChI=1S/C15H22Cl2OSi/c1-7-11-8-12(14(17)13(16)9-11)10-18-19(5,6)15(2,3)4/h7-9H,1,10H2,2-6H3. The maximum absolute atomic E-state index is 6.23. The van der Waals surface area contributed by atoms with Gasteiger partial charge in [-0.2, -0.15) is 0 Å². The molecule has 0 fully saturated rings. The summed E-state index contributed by atoms with van der Waals surface area (Å²) in [5.74, 6) is 0. The molecule has 0 bridgehead atoms. The third-order valence-corrected chi connectivity index (χ3v) is 9.08. The molecule has 0 unspecified atom stereocenters. The summed E-state index contributed by atoms with van der Waals surface area (Å²) in [6.07, 6.45) is 1.76. The minimum Gasteiger partial charge on any atom is -0.413 e. The Labute approximate surface area is 127 Å². The molecule has 106 valence electrons. The second kappa shape index (κ2) is 6.00. The highest BCUT2D eigenvalue weighted by atomic mass is 35.5. The maximum Gasteiger partial charge on any atom is 0.192 e. The van der Waals surface area contributed by atoms with E-state index in [1.807, 2.05) is 12.1 Å². The van der Waals surface area contributed by atoms with Gasteiger partial charge in [0.15, 0.2) is 8.32 Å². The van der Waals surface area contributed by atoms with Gasteiger partial charge < -0.3 is 4.43 Å². The summed E-state index contributed by atoms with van der Waals surface area (Å²) in [5.41, 5.74) is 1.89. The van der Waals surface area contributed by atoms with Gasteiger partial charge in [0.05, 0.1) is 16.7 Å². The summed E-state index contributed by atoms with van der Waals surface area (Å²) in [4.78, 5) is 0. The van der Waals surface area contributed by atoms with Crippen LogP contribution in [0.15, 0.2) is 18.7 Å². The quantitative estimate of drug-likeness (QED) is 0.604. The lowest BCUT2D eigenvalue weighted by atomic mass is 10.1. The van der Waals surface area contributed by atoms with Crippen molar-refractivity contribution in [2.24, 2.45) is 0 Å². The van der Waals surface area contributed by atoms with Gasteiger partial charge in [-0.3, -0.25) is 0 Å². The van der Waals surface area contributed by atoms with Gasteiger partial charge in [0.25, 0.3) is 0 Å². The molecule has 1 aromatic rings. The zero-order chi connectivity index (χ0) is 14.8. The summed E-state index contributed by atoms with van der Waals surface area (Å²) in [7, 11) is -1.78. The molecule has 19 heavy (non-hydrogen) atoms. The van der Waals surface area contributed by atoms with Gasteiger partial charge in [-0.05, 0) is 41.4 Å². The molecule has 0 saturated heterocycles. The van der Waals surface area contributed by atoms with Crippen molar-refractivity contribution in [2.45, 2.75) is 45.5 Å². The summed E-state index contributed by atoms with van der Waals surface area (Å²) in [6, 6.07) is 3.79. The molecule has 0 N–H and O–H groups in total. The molecule has 0 amide bonds. The molecule has 1 aromatic carbocycles. The molecule has 0 heterocycles. The van der Waals surface area contributed by atoms with Crippen molar-refractivity contribution >= 4 is 37.6 Å². The number of halogens is 2. The third kappa shape index (κ3) is 4.09. The van der Waals surface area contributed by atoms with Gasteiger partial charge in [-0.15, -0.1) is 0 Å². The molecular formula is C15H22Cl2OSi. The Kier molecular flexibility index (Phi) is 5.30. The maximum atomic E-state index is 6.23. The highest BCUT2D eigenvalue weighted by Gasteiger charge is 2.37. The Morgan fingerprint density at radius 3 is 2.32 bits per heavy atom. The highest BCUT2D eigenvalue weighted by Crippen LogP contribution is 2.38. The fourth-order valence-electron chi connectivity index (χ4n) is 1.37. The fourth-order valence-corrected chi connectivity index (χ4v) is 2.73. The van der Waals surface area contributed by atoms with E-state index in [2.05, 4.69) is 40.4 Å². The Bertz CT molecular complexity index is 476. The smallest absolute Gasteiger partial charge is 0.192 e. The molecule has 1 rings (SSSR count). The molecule has 0 saturated carbocycles. The number of hydrogen-bond donors (Lipinski definition) is 0. The van der Waals surface area contributed by atoms with Crippen molar-refractivity contribution in [1.82, 2.24) is 0 Å². The third-order valence-electron chi connectivity index (χ3n) is 3.76. The van der Waals surface area contributed by atoms with Crippen molar-refractivity contribution in [3.8, 4) is 0 Å². The van der Waals surface area contributed by atoms with Crippen molar-refractivity contribution in [3.05, 3.63) is 39.9 Å².